The molecule has 1 aromatic rings. The summed E-state index contributed by atoms with van der Waals surface area (Å²) in [5.74, 6) is 6.12. The third kappa shape index (κ3) is 3.59. The summed E-state index contributed by atoms with van der Waals surface area (Å²) in [4.78, 5) is 0. The zero-order valence-corrected chi connectivity index (χ0v) is 10.4. The van der Waals surface area contributed by atoms with Crippen molar-refractivity contribution in [1.29, 1.82) is 0 Å². The van der Waals surface area contributed by atoms with Crippen LogP contribution in [0.5, 0.6) is 0 Å². The second-order valence-electron chi connectivity index (χ2n) is 4.37. The van der Waals surface area contributed by atoms with E-state index in [4.69, 9.17) is 10.6 Å². The molecule has 0 spiro atoms. The number of aryl methyl sites for hydroxylation is 1. The molecule has 0 aliphatic rings. The molecule has 3 nitrogen and oxygen atoms in total. The van der Waals surface area contributed by atoms with Gasteiger partial charge in [0.15, 0.2) is 0 Å². The molecular weight excluding hydrogens is 200 g/mol. The van der Waals surface area contributed by atoms with Crippen LogP contribution in [0.25, 0.3) is 0 Å². The summed E-state index contributed by atoms with van der Waals surface area (Å²) < 4.78 is 5.15. The van der Waals surface area contributed by atoms with Gasteiger partial charge in [-0.05, 0) is 30.4 Å². The van der Waals surface area contributed by atoms with E-state index in [1.54, 1.807) is 7.11 Å². The summed E-state index contributed by atoms with van der Waals surface area (Å²) in [6.45, 7) is 5.05. The van der Waals surface area contributed by atoms with Gasteiger partial charge in [-0.3, -0.25) is 11.3 Å². The molecule has 2 unspecified atom stereocenters. The van der Waals surface area contributed by atoms with E-state index in [0.717, 1.165) is 13.0 Å². The quantitative estimate of drug-likeness (QED) is 0.573. The molecule has 0 aliphatic heterocycles. The zero-order valence-electron chi connectivity index (χ0n) is 10.4. The van der Waals surface area contributed by atoms with Crippen molar-refractivity contribution < 1.29 is 4.74 Å². The number of nitrogens with two attached hydrogens (primary N) is 1. The minimum Gasteiger partial charge on any atom is -0.384 e. The maximum Gasteiger partial charge on any atom is 0.0488 e. The van der Waals surface area contributed by atoms with Crippen LogP contribution in [0, 0.1) is 12.8 Å². The van der Waals surface area contributed by atoms with Crippen molar-refractivity contribution in [3.63, 3.8) is 0 Å². The van der Waals surface area contributed by atoms with Crippen LogP contribution in [-0.2, 0) is 4.74 Å². The molecule has 90 valence electrons. The van der Waals surface area contributed by atoms with Crippen LogP contribution in [0.15, 0.2) is 24.3 Å². The van der Waals surface area contributed by atoms with Crippen LogP contribution in [-0.4, -0.2) is 13.7 Å². The molecule has 0 fully saturated rings. The van der Waals surface area contributed by atoms with Crippen LogP contribution in [0.4, 0.5) is 0 Å². The van der Waals surface area contributed by atoms with Crippen molar-refractivity contribution in [3.05, 3.63) is 35.4 Å². The normalized spacial score (nSPS) is 14.8. The number of ether oxygens (including phenoxy) is 1. The Morgan fingerprint density at radius 3 is 2.62 bits per heavy atom. The fourth-order valence-electron chi connectivity index (χ4n) is 2.02. The van der Waals surface area contributed by atoms with E-state index in [0.29, 0.717) is 5.92 Å². The Hall–Kier alpha value is -0.900. The van der Waals surface area contributed by atoms with Crippen molar-refractivity contribution in [2.45, 2.75) is 26.3 Å². The van der Waals surface area contributed by atoms with Crippen LogP contribution < -0.4 is 11.3 Å². The van der Waals surface area contributed by atoms with Gasteiger partial charge in [0.05, 0.1) is 0 Å². The van der Waals surface area contributed by atoms with E-state index < -0.39 is 0 Å². The lowest BCUT2D eigenvalue weighted by atomic mass is 9.94. The Morgan fingerprint density at radius 2 is 2.06 bits per heavy atom. The monoisotopic (exact) mass is 222 g/mol. The summed E-state index contributed by atoms with van der Waals surface area (Å²) in [6.07, 6.45) is 0.981. The molecule has 0 saturated heterocycles. The molecule has 0 amide bonds. The maximum atomic E-state index is 5.63. The van der Waals surface area contributed by atoms with E-state index in [-0.39, 0.29) is 6.04 Å². The summed E-state index contributed by atoms with van der Waals surface area (Å²) in [5, 5.41) is 0. The first-order valence-corrected chi connectivity index (χ1v) is 5.69. The Labute approximate surface area is 98.0 Å². The lowest BCUT2D eigenvalue weighted by Crippen LogP contribution is -2.30. The van der Waals surface area contributed by atoms with E-state index >= 15 is 0 Å². The van der Waals surface area contributed by atoms with Gasteiger partial charge in [-0.2, -0.15) is 0 Å². The Morgan fingerprint density at radius 1 is 1.38 bits per heavy atom. The van der Waals surface area contributed by atoms with Crippen molar-refractivity contribution >= 4 is 0 Å². The van der Waals surface area contributed by atoms with E-state index in [1.165, 1.54) is 11.1 Å². The third-order valence-corrected chi connectivity index (χ3v) is 2.85. The molecule has 0 heterocycles. The fourth-order valence-corrected chi connectivity index (χ4v) is 2.02. The van der Waals surface area contributed by atoms with Gasteiger partial charge < -0.3 is 4.74 Å². The van der Waals surface area contributed by atoms with Crippen LogP contribution >= 0.6 is 0 Å². The Kier molecular flexibility index (Phi) is 5.46. The number of hydrogen-bond donors (Lipinski definition) is 2. The Bertz CT molecular complexity index is 315. The molecule has 0 saturated carbocycles. The first-order valence-electron chi connectivity index (χ1n) is 5.69. The number of hydrazine groups is 1. The number of hydrogen-bond acceptors (Lipinski definition) is 3. The van der Waals surface area contributed by atoms with Crippen LogP contribution in [0.2, 0.25) is 0 Å². The molecule has 2 atom stereocenters. The lowest BCUT2D eigenvalue weighted by molar-refractivity contribution is 0.149. The van der Waals surface area contributed by atoms with Gasteiger partial charge in [0.25, 0.3) is 0 Å². The molecular formula is C13H22N2O. The van der Waals surface area contributed by atoms with Gasteiger partial charge >= 0.3 is 0 Å². The van der Waals surface area contributed by atoms with Gasteiger partial charge in [0.1, 0.15) is 0 Å². The summed E-state index contributed by atoms with van der Waals surface area (Å²) in [7, 11) is 1.73. The standard InChI is InChI=1S/C13H22N2O/c1-10(9-16-3)8-13(15-14)12-7-5-4-6-11(12)2/h4-7,10,13,15H,8-9,14H2,1-3H3. The summed E-state index contributed by atoms with van der Waals surface area (Å²) in [6, 6.07) is 8.53. The average Bonchev–Trinajstić information content (AvgIpc) is 2.27. The first-order chi connectivity index (χ1) is 7.69. The van der Waals surface area contributed by atoms with Gasteiger partial charge in [0.2, 0.25) is 0 Å². The number of rotatable bonds is 6. The van der Waals surface area contributed by atoms with Crippen molar-refractivity contribution in [2.24, 2.45) is 11.8 Å². The topological polar surface area (TPSA) is 47.3 Å². The molecule has 0 radical (unpaired) electrons. The molecule has 1 aromatic carbocycles. The van der Waals surface area contributed by atoms with Crippen molar-refractivity contribution in [3.8, 4) is 0 Å². The minimum absolute atomic E-state index is 0.200. The number of methoxy groups -OCH3 is 1. The molecule has 3 heteroatoms. The predicted molar refractivity (Wildman–Crippen MR) is 66.9 cm³/mol. The highest BCUT2D eigenvalue weighted by molar-refractivity contribution is 5.28. The van der Waals surface area contributed by atoms with Gasteiger partial charge in [0, 0.05) is 19.8 Å². The molecule has 0 aliphatic carbocycles. The third-order valence-electron chi connectivity index (χ3n) is 2.85. The van der Waals surface area contributed by atoms with Gasteiger partial charge in [-0.15, -0.1) is 0 Å². The molecule has 0 aromatic heterocycles. The van der Waals surface area contributed by atoms with E-state index in [9.17, 15) is 0 Å². The molecule has 3 N–H and O–H groups in total. The number of nitrogens with one attached hydrogen (secondary N) is 1. The second kappa shape index (κ2) is 6.63. The van der Waals surface area contributed by atoms with Gasteiger partial charge in [-0.1, -0.05) is 31.2 Å². The largest absolute Gasteiger partial charge is 0.384 e. The van der Waals surface area contributed by atoms with Gasteiger partial charge in [-0.25, -0.2) is 0 Å². The first kappa shape index (κ1) is 13.2. The molecule has 0 bridgehead atoms. The van der Waals surface area contributed by atoms with E-state index in [2.05, 4.69) is 31.4 Å². The highest BCUT2D eigenvalue weighted by Gasteiger charge is 2.15. The summed E-state index contributed by atoms with van der Waals surface area (Å²) in [5.41, 5.74) is 5.44. The highest BCUT2D eigenvalue weighted by atomic mass is 16.5. The Balaban J connectivity index is 2.71. The lowest BCUT2D eigenvalue weighted by Gasteiger charge is -2.21. The highest BCUT2D eigenvalue weighted by Crippen LogP contribution is 2.23. The van der Waals surface area contributed by atoms with Crippen LogP contribution in [0.3, 0.4) is 0 Å². The predicted octanol–water partition coefficient (Wildman–Crippen LogP) is 2.17. The fraction of sp³-hybridized carbons (Fsp3) is 0.538. The molecule has 1 rings (SSSR count). The average molecular weight is 222 g/mol. The SMILES string of the molecule is COCC(C)CC(NN)c1ccccc1C. The summed E-state index contributed by atoms with van der Waals surface area (Å²) >= 11 is 0. The molecule has 16 heavy (non-hydrogen) atoms. The minimum atomic E-state index is 0.200. The maximum absolute atomic E-state index is 5.63. The van der Waals surface area contributed by atoms with Crippen molar-refractivity contribution in [1.82, 2.24) is 5.43 Å². The van der Waals surface area contributed by atoms with Crippen LogP contribution in [0.1, 0.15) is 30.5 Å². The number of benzene rings is 1. The van der Waals surface area contributed by atoms with Crippen molar-refractivity contribution in [2.75, 3.05) is 13.7 Å². The second-order valence-corrected chi connectivity index (χ2v) is 4.37. The van der Waals surface area contributed by atoms with E-state index in [1.807, 2.05) is 12.1 Å². The zero-order chi connectivity index (χ0) is 12.0. The smallest absolute Gasteiger partial charge is 0.0488 e.